The minimum Gasteiger partial charge on any atom is -0.444 e. The molecule has 0 saturated carbocycles. The Morgan fingerprint density at radius 1 is 0.593 bits per heavy atom. The highest BCUT2D eigenvalue weighted by Crippen LogP contribution is 2.17. The normalized spacial score (nSPS) is 12.8. The molecule has 1 unspecified atom stereocenters. The molecule has 54 heavy (non-hydrogen) atoms. The van der Waals surface area contributed by atoms with Crippen molar-refractivity contribution in [3.63, 3.8) is 0 Å². The summed E-state index contributed by atoms with van der Waals surface area (Å²) in [4.78, 5) is 65.1. The van der Waals surface area contributed by atoms with Crippen molar-refractivity contribution in [1.29, 1.82) is 0 Å². The number of hydrogen-bond donors (Lipinski definition) is 4. The summed E-state index contributed by atoms with van der Waals surface area (Å²) in [6, 6.07) is 5.98. The molecule has 0 saturated heterocycles. The standard InChI is InChI=1S/C37H65N7O10/c1-34(2,3)51-30(45)38-17-21-42(22-18-39-31(46)52-35(4,5)6)26-29(25-27-13-15-28(16-14-27)44(49)50)43(23-19-40-32(47)53-36(7,8)9)24-20-41-33(48)54-37(10,11)12/h13-16,29H,17-26H2,1-12H3,(H,38,45)(H,39,46)(H,40,47)(H,41,48). The molecule has 0 radical (unpaired) electrons. The van der Waals surface area contributed by atoms with Gasteiger partial charge in [0.15, 0.2) is 0 Å². The molecule has 4 amide bonds. The molecule has 1 rings (SSSR count). The van der Waals surface area contributed by atoms with Gasteiger partial charge in [0.1, 0.15) is 22.4 Å². The highest BCUT2D eigenvalue weighted by Gasteiger charge is 2.25. The molecule has 1 aromatic rings. The number of nitrogens with zero attached hydrogens (tertiary/aromatic N) is 3. The van der Waals surface area contributed by atoms with Gasteiger partial charge in [-0.1, -0.05) is 12.1 Å². The van der Waals surface area contributed by atoms with E-state index in [0.717, 1.165) is 5.56 Å². The number of rotatable bonds is 18. The van der Waals surface area contributed by atoms with Crippen LogP contribution in [0.4, 0.5) is 24.9 Å². The summed E-state index contributed by atoms with van der Waals surface area (Å²) in [5.74, 6) is 0. The van der Waals surface area contributed by atoms with Crippen molar-refractivity contribution in [3.8, 4) is 0 Å². The lowest BCUT2D eigenvalue weighted by atomic mass is 10.0. The van der Waals surface area contributed by atoms with Gasteiger partial charge in [0.2, 0.25) is 0 Å². The van der Waals surface area contributed by atoms with E-state index in [1.54, 1.807) is 95.2 Å². The number of carbonyl (C=O) groups excluding carboxylic acids is 4. The largest absolute Gasteiger partial charge is 0.444 e. The summed E-state index contributed by atoms with van der Waals surface area (Å²) in [5, 5.41) is 22.5. The van der Waals surface area contributed by atoms with Gasteiger partial charge in [0.05, 0.1) is 4.92 Å². The second-order valence-corrected chi connectivity index (χ2v) is 16.8. The first kappa shape index (κ1) is 47.6. The van der Waals surface area contributed by atoms with Crippen LogP contribution in [0.3, 0.4) is 0 Å². The molecule has 17 nitrogen and oxygen atoms in total. The van der Waals surface area contributed by atoms with Crippen LogP contribution < -0.4 is 21.3 Å². The van der Waals surface area contributed by atoms with E-state index < -0.39 is 51.7 Å². The van der Waals surface area contributed by atoms with Gasteiger partial charge in [-0.05, 0) is 95.1 Å². The molecule has 0 fully saturated rings. The number of ether oxygens (including phenoxy) is 4. The fraction of sp³-hybridized carbons (Fsp3) is 0.730. The number of hydrogen-bond acceptors (Lipinski definition) is 12. The van der Waals surface area contributed by atoms with E-state index in [1.165, 1.54) is 12.1 Å². The Balaban J connectivity index is 3.43. The van der Waals surface area contributed by atoms with Gasteiger partial charge in [-0.15, -0.1) is 0 Å². The monoisotopic (exact) mass is 767 g/mol. The van der Waals surface area contributed by atoms with E-state index in [4.69, 9.17) is 18.9 Å². The Hall–Kier alpha value is -4.38. The molecule has 17 heteroatoms. The average Bonchev–Trinajstić information content (AvgIpc) is 2.96. The van der Waals surface area contributed by atoms with Gasteiger partial charge in [-0.3, -0.25) is 19.9 Å². The number of carbonyl (C=O) groups is 4. The fourth-order valence-electron chi connectivity index (χ4n) is 4.90. The SMILES string of the molecule is CC(C)(C)OC(=O)NCCN(CCNC(=O)OC(C)(C)C)CC(Cc1ccc([N+](=O)[O-])cc1)N(CCNC(=O)OC(C)(C)C)CCNC(=O)OC(C)(C)C. The van der Waals surface area contributed by atoms with Crippen molar-refractivity contribution >= 4 is 30.1 Å². The number of nitrogens with one attached hydrogen (secondary N) is 4. The molecule has 308 valence electrons. The van der Waals surface area contributed by atoms with E-state index in [2.05, 4.69) is 31.1 Å². The van der Waals surface area contributed by atoms with Crippen molar-refractivity contribution in [2.75, 3.05) is 58.9 Å². The van der Waals surface area contributed by atoms with E-state index in [9.17, 15) is 29.3 Å². The van der Waals surface area contributed by atoms with E-state index in [1.807, 2.05) is 0 Å². The predicted octanol–water partition coefficient (Wildman–Crippen LogP) is 5.21. The Morgan fingerprint density at radius 2 is 0.907 bits per heavy atom. The third-order valence-electron chi connectivity index (χ3n) is 6.93. The quantitative estimate of drug-likeness (QED) is 0.0864. The second-order valence-electron chi connectivity index (χ2n) is 16.8. The van der Waals surface area contributed by atoms with Crippen molar-refractivity contribution in [1.82, 2.24) is 31.1 Å². The Bertz CT molecular complexity index is 1280. The van der Waals surface area contributed by atoms with Crippen LogP contribution in [-0.2, 0) is 25.4 Å². The van der Waals surface area contributed by atoms with Gasteiger partial charge in [-0.2, -0.15) is 0 Å². The maximum atomic E-state index is 12.5. The number of nitro groups is 1. The van der Waals surface area contributed by atoms with Crippen LogP contribution in [0.1, 0.15) is 88.6 Å². The van der Waals surface area contributed by atoms with Crippen LogP contribution in [0.2, 0.25) is 0 Å². The average molecular weight is 768 g/mol. The molecule has 0 aromatic heterocycles. The number of nitro benzene ring substituents is 1. The summed E-state index contributed by atoms with van der Waals surface area (Å²) in [7, 11) is 0. The van der Waals surface area contributed by atoms with Crippen LogP contribution in [0.15, 0.2) is 24.3 Å². The molecular formula is C37H65N7O10. The van der Waals surface area contributed by atoms with Gasteiger partial charge < -0.3 is 40.2 Å². The minimum absolute atomic E-state index is 0.0432. The first-order chi connectivity index (χ1) is 24.7. The van der Waals surface area contributed by atoms with Crippen LogP contribution in [0.25, 0.3) is 0 Å². The lowest BCUT2D eigenvalue weighted by Crippen LogP contribution is -2.52. The third-order valence-corrected chi connectivity index (χ3v) is 6.93. The van der Waals surface area contributed by atoms with E-state index in [-0.39, 0.29) is 37.9 Å². The first-order valence-corrected chi connectivity index (χ1v) is 18.3. The summed E-state index contributed by atoms with van der Waals surface area (Å²) < 4.78 is 21.7. The molecular weight excluding hydrogens is 702 g/mol. The molecule has 0 aliphatic heterocycles. The number of amides is 4. The second kappa shape index (κ2) is 21.5. The highest BCUT2D eigenvalue weighted by molar-refractivity contribution is 5.68. The van der Waals surface area contributed by atoms with Crippen LogP contribution in [0.5, 0.6) is 0 Å². The van der Waals surface area contributed by atoms with Gasteiger partial charge in [-0.25, -0.2) is 19.2 Å². The number of alkyl carbamates (subject to hydrolysis) is 4. The number of benzene rings is 1. The van der Waals surface area contributed by atoms with Crippen LogP contribution >= 0.6 is 0 Å². The van der Waals surface area contributed by atoms with Crippen molar-refractivity contribution in [2.45, 2.75) is 118 Å². The Labute approximate surface area is 320 Å². The maximum Gasteiger partial charge on any atom is 0.407 e. The lowest BCUT2D eigenvalue weighted by Gasteiger charge is -2.36. The van der Waals surface area contributed by atoms with Gasteiger partial charge in [0.25, 0.3) is 5.69 Å². The molecule has 1 aromatic carbocycles. The molecule has 0 bridgehead atoms. The topological polar surface area (TPSA) is 203 Å². The zero-order valence-corrected chi connectivity index (χ0v) is 34.4. The fourth-order valence-corrected chi connectivity index (χ4v) is 4.90. The summed E-state index contributed by atoms with van der Waals surface area (Å²) in [6.45, 7) is 23.9. The highest BCUT2D eigenvalue weighted by atomic mass is 16.6. The summed E-state index contributed by atoms with van der Waals surface area (Å²) in [5.41, 5.74) is -1.98. The lowest BCUT2D eigenvalue weighted by molar-refractivity contribution is -0.384. The number of non-ortho nitro benzene ring substituents is 1. The minimum atomic E-state index is -0.694. The molecule has 0 aliphatic rings. The molecule has 1 atom stereocenters. The zero-order chi connectivity index (χ0) is 41.3. The summed E-state index contributed by atoms with van der Waals surface area (Å²) in [6.07, 6.45) is -1.87. The van der Waals surface area contributed by atoms with Crippen LogP contribution in [0, 0.1) is 10.1 Å². The van der Waals surface area contributed by atoms with Crippen molar-refractivity contribution in [2.24, 2.45) is 0 Å². The molecule has 4 N–H and O–H groups in total. The van der Waals surface area contributed by atoms with E-state index >= 15 is 0 Å². The van der Waals surface area contributed by atoms with Gasteiger partial charge in [0, 0.05) is 77.1 Å². The molecule has 0 spiro atoms. The van der Waals surface area contributed by atoms with E-state index in [0.29, 0.717) is 39.1 Å². The van der Waals surface area contributed by atoms with Gasteiger partial charge >= 0.3 is 24.4 Å². The third kappa shape index (κ3) is 24.0. The smallest absolute Gasteiger partial charge is 0.407 e. The Morgan fingerprint density at radius 3 is 1.20 bits per heavy atom. The summed E-state index contributed by atoms with van der Waals surface area (Å²) >= 11 is 0. The van der Waals surface area contributed by atoms with Crippen molar-refractivity contribution < 1.29 is 43.0 Å². The molecule has 0 heterocycles. The Kier molecular flexibility index (Phi) is 19.0. The zero-order valence-electron chi connectivity index (χ0n) is 34.4. The van der Waals surface area contributed by atoms with Crippen LogP contribution in [-0.4, -0.2) is 126 Å². The first-order valence-electron chi connectivity index (χ1n) is 18.3. The predicted molar refractivity (Wildman–Crippen MR) is 206 cm³/mol. The maximum absolute atomic E-state index is 12.5. The molecule has 0 aliphatic carbocycles. The van der Waals surface area contributed by atoms with Crippen molar-refractivity contribution in [3.05, 3.63) is 39.9 Å².